The number of amides is 1. The highest BCUT2D eigenvalue weighted by molar-refractivity contribution is 5.97. The van der Waals surface area contributed by atoms with Gasteiger partial charge in [0.15, 0.2) is 17.8 Å². The number of carbonyl (C=O) groups excluding carboxylic acids is 1. The number of oxazole rings is 1. The minimum atomic E-state index is -0.353. The molecule has 7 heteroatoms. The van der Waals surface area contributed by atoms with Gasteiger partial charge < -0.3 is 14.5 Å². The monoisotopic (exact) mass is 451 g/mol. The SMILES string of the molecule is C=N/C=c1/c(CCNC(=O)c2ncoc2-c2ccc(OC)c(C)c2)ccc/c1=C(/C)F.CC. The van der Waals surface area contributed by atoms with Gasteiger partial charge in [0.25, 0.3) is 5.91 Å². The van der Waals surface area contributed by atoms with E-state index in [0.29, 0.717) is 29.2 Å². The van der Waals surface area contributed by atoms with Gasteiger partial charge in [0.05, 0.1) is 7.11 Å². The number of rotatable bonds is 7. The Kier molecular flexibility index (Phi) is 9.54. The van der Waals surface area contributed by atoms with Crippen molar-refractivity contribution in [2.24, 2.45) is 4.99 Å². The van der Waals surface area contributed by atoms with E-state index in [2.05, 4.69) is 22.0 Å². The number of halogens is 1. The van der Waals surface area contributed by atoms with Gasteiger partial charge in [-0.1, -0.05) is 32.0 Å². The summed E-state index contributed by atoms with van der Waals surface area (Å²) in [7, 11) is 1.60. The number of aliphatic imine (C=N–C) groups is 1. The van der Waals surface area contributed by atoms with Crippen molar-refractivity contribution in [2.45, 2.75) is 34.1 Å². The molecule has 0 aliphatic rings. The lowest BCUT2D eigenvalue weighted by atomic mass is 10.1. The van der Waals surface area contributed by atoms with Crippen molar-refractivity contribution in [1.82, 2.24) is 10.3 Å². The standard InChI is InChI=1S/C24H24FN3O3.C2H6/c1-15-12-18(8-9-21(15)30-4)23-22(28-14-31-23)24(29)27-11-10-17-6-5-7-19(16(2)25)20(17)13-26-3;1-2/h5-9,12-14H,3,10-11H2,1-2,4H3,(H,27,29);1-2H3/b19-16+,20-13-;. The van der Waals surface area contributed by atoms with E-state index in [9.17, 15) is 9.18 Å². The molecule has 6 nitrogen and oxygen atoms in total. The quantitative estimate of drug-likeness (QED) is 0.547. The molecule has 1 N–H and O–H groups in total. The van der Waals surface area contributed by atoms with Crippen molar-refractivity contribution in [3.8, 4) is 17.1 Å². The molecule has 0 saturated heterocycles. The number of nitrogens with zero attached hydrogens (tertiary/aromatic N) is 2. The maximum absolute atomic E-state index is 13.9. The number of nitrogens with one attached hydrogen (secondary N) is 1. The summed E-state index contributed by atoms with van der Waals surface area (Å²) in [6, 6.07) is 10.8. The average molecular weight is 452 g/mol. The molecule has 33 heavy (non-hydrogen) atoms. The van der Waals surface area contributed by atoms with Crippen molar-refractivity contribution >= 4 is 24.7 Å². The number of carbonyl (C=O) groups is 1. The topological polar surface area (TPSA) is 76.7 Å². The van der Waals surface area contributed by atoms with Crippen LogP contribution in [0.5, 0.6) is 5.75 Å². The smallest absolute Gasteiger partial charge is 0.273 e. The number of ether oxygens (including phenoxy) is 1. The van der Waals surface area contributed by atoms with Gasteiger partial charge in [-0.3, -0.25) is 9.79 Å². The van der Waals surface area contributed by atoms with E-state index in [1.54, 1.807) is 19.2 Å². The van der Waals surface area contributed by atoms with Gasteiger partial charge in [0.2, 0.25) is 0 Å². The lowest BCUT2D eigenvalue weighted by Gasteiger charge is -2.08. The lowest BCUT2D eigenvalue weighted by molar-refractivity contribution is 0.0950. The van der Waals surface area contributed by atoms with Crippen LogP contribution in [0.2, 0.25) is 0 Å². The molecular formula is C26H30FN3O3. The highest BCUT2D eigenvalue weighted by Gasteiger charge is 2.18. The minimum Gasteiger partial charge on any atom is -0.496 e. The van der Waals surface area contributed by atoms with Crippen LogP contribution in [-0.4, -0.2) is 31.3 Å². The van der Waals surface area contributed by atoms with E-state index < -0.39 is 0 Å². The molecule has 1 heterocycles. The summed E-state index contributed by atoms with van der Waals surface area (Å²) >= 11 is 0. The molecule has 0 bridgehead atoms. The van der Waals surface area contributed by atoms with Gasteiger partial charge in [0.1, 0.15) is 11.6 Å². The average Bonchev–Trinajstić information content (AvgIpc) is 3.31. The van der Waals surface area contributed by atoms with Gasteiger partial charge in [-0.15, -0.1) is 0 Å². The Bertz CT molecular complexity index is 1230. The summed E-state index contributed by atoms with van der Waals surface area (Å²) < 4.78 is 24.6. The van der Waals surface area contributed by atoms with Crippen molar-refractivity contribution < 1.29 is 18.3 Å². The number of aromatic nitrogens is 1. The summed E-state index contributed by atoms with van der Waals surface area (Å²) in [6.45, 7) is 11.1. The molecule has 1 amide bonds. The first kappa shape index (κ1) is 25.5. The van der Waals surface area contributed by atoms with Crippen LogP contribution >= 0.6 is 0 Å². The van der Waals surface area contributed by atoms with E-state index in [0.717, 1.165) is 22.4 Å². The fourth-order valence-electron chi connectivity index (χ4n) is 3.40. The van der Waals surface area contributed by atoms with Gasteiger partial charge in [-0.25, -0.2) is 9.37 Å². The third kappa shape index (κ3) is 6.16. The van der Waals surface area contributed by atoms with Gasteiger partial charge in [-0.2, -0.15) is 0 Å². The van der Waals surface area contributed by atoms with Crippen LogP contribution < -0.4 is 20.5 Å². The summed E-state index contributed by atoms with van der Waals surface area (Å²) in [5, 5.41) is 3.97. The predicted molar refractivity (Wildman–Crippen MR) is 131 cm³/mol. The number of benzene rings is 2. The Morgan fingerprint density at radius 2 is 2.06 bits per heavy atom. The van der Waals surface area contributed by atoms with Crippen LogP contribution in [0.15, 0.2) is 52.2 Å². The van der Waals surface area contributed by atoms with Crippen LogP contribution in [-0.2, 0) is 6.42 Å². The molecule has 3 rings (SSSR count). The summed E-state index contributed by atoms with van der Waals surface area (Å²) in [5.74, 6) is 0.480. The zero-order chi connectivity index (χ0) is 24.4. The molecule has 2 aromatic carbocycles. The highest BCUT2D eigenvalue weighted by atomic mass is 19.1. The van der Waals surface area contributed by atoms with Gasteiger partial charge >= 0.3 is 0 Å². The van der Waals surface area contributed by atoms with Gasteiger partial charge in [-0.05, 0) is 56.3 Å². The maximum Gasteiger partial charge on any atom is 0.273 e. The van der Waals surface area contributed by atoms with Crippen LogP contribution in [0.1, 0.15) is 42.4 Å². The predicted octanol–water partition coefficient (Wildman–Crippen LogP) is 4.19. The van der Waals surface area contributed by atoms with E-state index in [-0.39, 0.29) is 17.4 Å². The summed E-state index contributed by atoms with van der Waals surface area (Å²) in [4.78, 5) is 20.6. The summed E-state index contributed by atoms with van der Waals surface area (Å²) in [5.41, 5.74) is 2.71. The first-order chi connectivity index (χ1) is 16.0. The zero-order valence-electron chi connectivity index (χ0n) is 19.7. The number of hydrogen-bond acceptors (Lipinski definition) is 5. The maximum atomic E-state index is 13.9. The highest BCUT2D eigenvalue weighted by Crippen LogP contribution is 2.28. The number of aryl methyl sites for hydroxylation is 1. The van der Waals surface area contributed by atoms with E-state index in [1.807, 2.05) is 45.0 Å². The Hall–Kier alpha value is -3.74. The van der Waals surface area contributed by atoms with E-state index in [4.69, 9.17) is 9.15 Å². The Balaban J connectivity index is 0.00000187. The molecular weight excluding hydrogens is 421 g/mol. The van der Waals surface area contributed by atoms with Crippen LogP contribution in [0, 0.1) is 6.92 Å². The normalized spacial score (nSPS) is 11.9. The number of hydrogen-bond donors (Lipinski definition) is 1. The van der Waals surface area contributed by atoms with Crippen molar-refractivity contribution in [3.63, 3.8) is 0 Å². The molecule has 0 aliphatic carbocycles. The molecule has 0 fully saturated rings. The molecule has 0 radical (unpaired) electrons. The second-order valence-corrected chi connectivity index (χ2v) is 6.94. The molecule has 0 aliphatic heterocycles. The Labute approximate surface area is 193 Å². The van der Waals surface area contributed by atoms with Gasteiger partial charge in [0, 0.05) is 28.7 Å². The fourth-order valence-corrected chi connectivity index (χ4v) is 3.40. The van der Waals surface area contributed by atoms with Crippen LogP contribution in [0.25, 0.3) is 23.4 Å². The first-order valence-corrected chi connectivity index (χ1v) is 10.7. The van der Waals surface area contributed by atoms with Crippen molar-refractivity contribution in [3.05, 3.63) is 70.0 Å². The fraction of sp³-hybridized carbons (Fsp3) is 0.269. The second-order valence-electron chi connectivity index (χ2n) is 6.94. The van der Waals surface area contributed by atoms with E-state index in [1.165, 1.54) is 19.5 Å². The minimum absolute atomic E-state index is 0.200. The molecule has 0 spiro atoms. The molecule has 0 unspecified atom stereocenters. The molecule has 1 aromatic heterocycles. The number of methoxy groups -OCH3 is 1. The van der Waals surface area contributed by atoms with Crippen molar-refractivity contribution in [1.29, 1.82) is 0 Å². The van der Waals surface area contributed by atoms with Crippen LogP contribution in [0.4, 0.5) is 4.39 Å². The van der Waals surface area contributed by atoms with Crippen LogP contribution in [0.3, 0.4) is 0 Å². The molecule has 0 atom stereocenters. The summed E-state index contributed by atoms with van der Waals surface area (Å²) in [6.07, 6.45) is 3.26. The molecule has 0 saturated carbocycles. The molecule has 174 valence electrons. The molecule has 3 aromatic rings. The Morgan fingerprint density at radius 3 is 2.70 bits per heavy atom. The first-order valence-electron chi connectivity index (χ1n) is 10.7. The largest absolute Gasteiger partial charge is 0.496 e. The second kappa shape index (κ2) is 12.3. The zero-order valence-corrected chi connectivity index (χ0v) is 19.7. The lowest BCUT2D eigenvalue weighted by Crippen LogP contribution is -2.32. The Morgan fingerprint density at radius 1 is 1.30 bits per heavy atom. The van der Waals surface area contributed by atoms with E-state index >= 15 is 0 Å². The third-order valence-electron chi connectivity index (χ3n) is 4.91. The van der Waals surface area contributed by atoms with Crippen molar-refractivity contribution in [2.75, 3.05) is 13.7 Å². The third-order valence-corrected chi connectivity index (χ3v) is 4.91.